The molecule has 0 aromatic rings. The number of hydrogen-bond donors (Lipinski definition) is 1. The highest BCUT2D eigenvalue weighted by atomic mass is 32.2. The molecule has 1 nitrogen and oxygen atoms in total. The molecule has 0 aromatic carbocycles. The van der Waals surface area contributed by atoms with Gasteiger partial charge in [-0.25, -0.2) is 0 Å². The SMILES string of the molecule is CC1CCCC(C(O)CSC(C)C)C1. The average Bonchev–Trinajstić information content (AvgIpc) is 2.14. The van der Waals surface area contributed by atoms with Crippen LogP contribution in [0, 0.1) is 11.8 Å². The first-order valence-corrected chi connectivity index (χ1v) is 6.94. The van der Waals surface area contributed by atoms with Gasteiger partial charge in [-0.15, -0.1) is 0 Å². The molecule has 1 rings (SSSR count). The van der Waals surface area contributed by atoms with Crippen LogP contribution < -0.4 is 0 Å². The highest BCUT2D eigenvalue weighted by molar-refractivity contribution is 7.99. The van der Waals surface area contributed by atoms with Crippen molar-refractivity contribution in [3.63, 3.8) is 0 Å². The molecule has 84 valence electrons. The van der Waals surface area contributed by atoms with Crippen LogP contribution in [0.3, 0.4) is 0 Å². The Hall–Kier alpha value is 0.310. The van der Waals surface area contributed by atoms with Crippen molar-refractivity contribution < 1.29 is 5.11 Å². The number of aliphatic hydroxyl groups is 1. The number of rotatable bonds is 4. The lowest BCUT2D eigenvalue weighted by atomic mass is 9.80. The second-order valence-corrected chi connectivity index (χ2v) is 6.59. The van der Waals surface area contributed by atoms with Gasteiger partial charge in [0.1, 0.15) is 0 Å². The molecule has 0 spiro atoms. The molecule has 0 aliphatic heterocycles. The highest BCUT2D eigenvalue weighted by Crippen LogP contribution is 2.32. The Morgan fingerprint density at radius 2 is 2.07 bits per heavy atom. The summed E-state index contributed by atoms with van der Waals surface area (Å²) in [6.45, 7) is 6.70. The second kappa shape index (κ2) is 6.02. The molecule has 0 bridgehead atoms. The maximum Gasteiger partial charge on any atom is 0.0658 e. The Morgan fingerprint density at radius 3 is 2.64 bits per heavy atom. The zero-order valence-corrected chi connectivity index (χ0v) is 10.5. The van der Waals surface area contributed by atoms with Crippen LogP contribution in [0.1, 0.15) is 46.5 Å². The molecule has 3 atom stereocenters. The van der Waals surface area contributed by atoms with Gasteiger partial charge in [-0.2, -0.15) is 11.8 Å². The summed E-state index contributed by atoms with van der Waals surface area (Å²) < 4.78 is 0. The fourth-order valence-corrected chi connectivity index (χ4v) is 3.11. The minimum atomic E-state index is -0.0647. The van der Waals surface area contributed by atoms with E-state index in [0.29, 0.717) is 11.2 Å². The molecule has 0 saturated heterocycles. The van der Waals surface area contributed by atoms with Crippen molar-refractivity contribution >= 4 is 11.8 Å². The lowest BCUT2D eigenvalue weighted by Gasteiger charge is -2.30. The van der Waals surface area contributed by atoms with Crippen LogP contribution in [0.4, 0.5) is 0 Å². The molecule has 1 fully saturated rings. The summed E-state index contributed by atoms with van der Waals surface area (Å²) in [6, 6.07) is 0. The number of thioether (sulfide) groups is 1. The molecule has 3 unspecified atom stereocenters. The molecular weight excluding hydrogens is 192 g/mol. The van der Waals surface area contributed by atoms with E-state index in [9.17, 15) is 5.11 Å². The normalized spacial score (nSPS) is 30.6. The molecule has 1 aliphatic carbocycles. The van der Waals surface area contributed by atoms with Gasteiger partial charge in [0.25, 0.3) is 0 Å². The van der Waals surface area contributed by atoms with Crippen LogP contribution in [-0.4, -0.2) is 22.2 Å². The topological polar surface area (TPSA) is 20.2 Å². The molecular formula is C12H24OS. The van der Waals surface area contributed by atoms with Crippen molar-refractivity contribution in [1.82, 2.24) is 0 Å². The monoisotopic (exact) mass is 216 g/mol. The molecule has 0 amide bonds. The molecule has 0 aromatic heterocycles. The van der Waals surface area contributed by atoms with Crippen LogP contribution in [0.2, 0.25) is 0 Å². The maximum atomic E-state index is 10.0. The van der Waals surface area contributed by atoms with Gasteiger partial charge in [0.15, 0.2) is 0 Å². The Balaban J connectivity index is 2.25. The summed E-state index contributed by atoms with van der Waals surface area (Å²) in [6.07, 6.45) is 5.09. The summed E-state index contributed by atoms with van der Waals surface area (Å²) in [5, 5.41) is 10.7. The van der Waals surface area contributed by atoms with Crippen LogP contribution in [0.25, 0.3) is 0 Å². The first-order chi connectivity index (χ1) is 6.59. The van der Waals surface area contributed by atoms with Crippen molar-refractivity contribution in [3.05, 3.63) is 0 Å². The minimum absolute atomic E-state index is 0.0647. The quantitative estimate of drug-likeness (QED) is 0.778. The first kappa shape index (κ1) is 12.4. The minimum Gasteiger partial charge on any atom is -0.392 e. The third-order valence-corrected chi connectivity index (χ3v) is 4.32. The summed E-state index contributed by atoms with van der Waals surface area (Å²) in [5.41, 5.74) is 0. The molecule has 0 heterocycles. The molecule has 1 N–H and O–H groups in total. The third kappa shape index (κ3) is 4.22. The maximum absolute atomic E-state index is 10.0. The van der Waals surface area contributed by atoms with Gasteiger partial charge >= 0.3 is 0 Å². The lowest BCUT2D eigenvalue weighted by molar-refractivity contribution is 0.0902. The van der Waals surface area contributed by atoms with Crippen LogP contribution in [0.5, 0.6) is 0 Å². The van der Waals surface area contributed by atoms with Gasteiger partial charge in [0.05, 0.1) is 6.10 Å². The van der Waals surface area contributed by atoms with Gasteiger partial charge in [0.2, 0.25) is 0 Å². The van der Waals surface area contributed by atoms with Gasteiger partial charge < -0.3 is 5.11 Å². The number of aliphatic hydroxyl groups excluding tert-OH is 1. The standard InChI is InChI=1S/C12H24OS/c1-9(2)14-8-12(13)11-6-4-5-10(3)7-11/h9-13H,4-8H2,1-3H3. The van der Waals surface area contributed by atoms with E-state index in [1.807, 2.05) is 11.8 Å². The molecule has 1 saturated carbocycles. The van der Waals surface area contributed by atoms with E-state index in [-0.39, 0.29) is 6.10 Å². The molecule has 14 heavy (non-hydrogen) atoms. The lowest BCUT2D eigenvalue weighted by Crippen LogP contribution is -2.28. The average molecular weight is 216 g/mol. The predicted octanol–water partition coefficient (Wildman–Crippen LogP) is 3.32. The van der Waals surface area contributed by atoms with E-state index in [4.69, 9.17) is 0 Å². The number of hydrogen-bond acceptors (Lipinski definition) is 2. The molecule has 2 heteroatoms. The Bertz CT molecular complexity index is 158. The first-order valence-electron chi connectivity index (χ1n) is 5.89. The molecule has 1 aliphatic rings. The van der Waals surface area contributed by atoms with E-state index < -0.39 is 0 Å². The van der Waals surface area contributed by atoms with Crippen molar-refractivity contribution in [2.24, 2.45) is 11.8 Å². The summed E-state index contributed by atoms with van der Waals surface area (Å²) in [7, 11) is 0. The summed E-state index contributed by atoms with van der Waals surface area (Å²) in [4.78, 5) is 0. The second-order valence-electron chi connectivity index (χ2n) is 4.98. The van der Waals surface area contributed by atoms with Crippen LogP contribution in [-0.2, 0) is 0 Å². The third-order valence-electron chi connectivity index (χ3n) is 3.12. The largest absolute Gasteiger partial charge is 0.392 e. The summed E-state index contributed by atoms with van der Waals surface area (Å²) >= 11 is 1.88. The zero-order chi connectivity index (χ0) is 10.6. The Kier molecular flexibility index (Phi) is 5.32. The fourth-order valence-electron chi connectivity index (χ4n) is 2.26. The van der Waals surface area contributed by atoms with Crippen LogP contribution >= 0.6 is 11.8 Å². The van der Waals surface area contributed by atoms with Crippen molar-refractivity contribution in [3.8, 4) is 0 Å². The van der Waals surface area contributed by atoms with Gasteiger partial charge in [-0.3, -0.25) is 0 Å². The van der Waals surface area contributed by atoms with Gasteiger partial charge in [0, 0.05) is 5.75 Å². The van der Waals surface area contributed by atoms with Gasteiger partial charge in [-0.1, -0.05) is 33.6 Å². The van der Waals surface area contributed by atoms with E-state index in [0.717, 1.165) is 11.7 Å². The van der Waals surface area contributed by atoms with Crippen molar-refractivity contribution in [1.29, 1.82) is 0 Å². The van der Waals surface area contributed by atoms with Crippen molar-refractivity contribution in [2.45, 2.75) is 57.8 Å². The summed E-state index contributed by atoms with van der Waals surface area (Å²) in [5.74, 6) is 2.33. The smallest absolute Gasteiger partial charge is 0.0658 e. The molecule has 0 radical (unpaired) electrons. The van der Waals surface area contributed by atoms with E-state index in [1.54, 1.807) is 0 Å². The Labute approximate surface area is 92.7 Å². The highest BCUT2D eigenvalue weighted by Gasteiger charge is 2.25. The van der Waals surface area contributed by atoms with E-state index >= 15 is 0 Å². The van der Waals surface area contributed by atoms with E-state index in [2.05, 4.69) is 20.8 Å². The fraction of sp³-hybridized carbons (Fsp3) is 1.00. The van der Waals surface area contributed by atoms with Crippen LogP contribution in [0.15, 0.2) is 0 Å². The van der Waals surface area contributed by atoms with E-state index in [1.165, 1.54) is 25.7 Å². The Morgan fingerprint density at radius 1 is 1.36 bits per heavy atom. The van der Waals surface area contributed by atoms with Gasteiger partial charge in [-0.05, 0) is 29.9 Å². The zero-order valence-electron chi connectivity index (χ0n) is 9.70. The van der Waals surface area contributed by atoms with Crippen molar-refractivity contribution in [2.75, 3.05) is 5.75 Å². The predicted molar refractivity (Wildman–Crippen MR) is 64.7 cm³/mol.